The van der Waals surface area contributed by atoms with Crippen LogP contribution in [0.1, 0.15) is 18.4 Å². The Morgan fingerprint density at radius 3 is 2.62 bits per heavy atom. The number of aromatic nitrogens is 2. The standard InChI is InChI=1S/C12H16N2O2/c1-8(7-15)9-5-4-6-10-11(9)14(3)12(16)13(10)2/h4-6,8,15H,7H2,1-3H3. The number of benzene rings is 1. The van der Waals surface area contributed by atoms with Gasteiger partial charge in [0.2, 0.25) is 0 Å². The van der Waals surface area contributed by atoms with Crippen molar-refractivity contribution < 1.29 is 5.11 Å². The molecule has 1 atom stereocenters. The van der Waals surface area contributed by atoms with Crippen LogP contribution in [0, 0.1) is 0 Å². The Morgan fingerprint density at radius 1 is 1.31 bits per heavy atom. The highest BCUT2D eigenvalue weighted by atomic mass is 16.3. The minimum absolute atomic E-state index is 0.0346. The van der Waals surface area contributed by atoms with E-state index in [0.717, 1.165) is 16.6 Å². The van der Waals surface area contributed by atoms with Gasteiger partial charge in [0.1, 0.15) is 0 Å². The van der Waals surface area contributed by atoms with Gasteiger partial charge in [0.25, 0.3) is 0 Å². The Kier molecular flexibility index (Phi) is 2.59. The molecule has 0 aliphatic heterocycles. The van der Waals surface area contributed by atoms with Crippen LogP contribution in [0.3, 0.4) is 0 Å². The smallest absolute Gasteiger partial charge is 0.328 e. The van der Waals surface area contributed by atoms with Crippen LogP contribution in [0.25, 0.3) is 11.0 Å². The van der Waals surface area contributed by atoms with Crippen LogP contribution in [0.2, 0.25) is 0 Å². The molecule has 0 bridgehead atoms. The van der Waals surface area contributed by atoms with Gasteiger partial charge in [-0.15, -0.1) is 0 Å². The second-order valence-electron chi connectivity index (χ2n) is 4.20. The number of fused-ring (bicyclic) bond motifs is 1. The van der Waals surface area contributed by atoms with Gasteiger partial charge in [-0.1, -0.05) is 19.1 Å². The van der Waals surface area contributed by atoms with Crippen molar-refractivity contribution in [3.05, 3.63) is 34.2 Å². The molecule has 0 saturated heterocycles. The summed E-state index contributed by atoms with van der Waals surface area (Å²) >= 11 is 0. The number of nitrogens with zero attached hydrogens (tertiary/aromatic N) is 2. The number of rotatable bonds is 2. The first kappa shape index (κ1) is 11.0. The van der Waals surface area contributed by atoms with E-state index in [1.165, 1.54) is 0 Å². The van der Waals surface area contributed by atoms with E-state index in [4.69, 9.17) is 0 Å². The minimum atomic E-state index is -0.0346. The van der Waals surface area contributed by atoms with Crippen molar-refractivity contribution in [2.75, 3.05) is 6.61 Å². The Hall–Kier alpha value is -1.55. The van der Waals surface area contributed by atoms with E-state index in [-0.39, 0.29) is 18.2 Å². The third-order valence-electron chi connectivity index (χ3n) is 3.12. The lowest BCUT2D eigenvalue weighted by molar-refractivity contribution is 0.273. The molecule has 4 heteroatoms. The summed E-state index contributed by atoms with van der Waals surface area (Å²) < 4.78 is 3.26. The molecule has 0 spiro atoms. The lowest BCUT2D eigenvalue weighted by Crippen LogP contribution is -2.19. The molecular weight excluding hydrogens is 204 g/mol. The lowest BCUT2D eigenvalue weighted by Gasteiger charge is -2.10. The third-order valence-corrected chi connectivity index (χ3v) is 3.12. The van der Waals surface area contributed by atoms with Gasteiger partial charge in [-0.05, 0) is 11.6 Å². The van der Waals surface area contributed by atoms with Crippen molar-refractivity contribution in [2.45, 2.75) is 12.8 Å². The summed E-state index contributed by atoms with van der Waals surface area (Å²) in [6, 6.07) is 5.80. The highest BCUT2D eigenvalue weighted by Gasteiger charge is 2.14. The topological polar surface area (TPSA) is 47.2 Å². The van der Waals surface area contributed by atoms with Crippen LogP contribution in [0.5, 0.6) is 0 Å². The average Bonchev–Trinajstić information content (AvgIpc) is 2.54. The summed E-state index contributed by atoms with van der Waals surface area (Å²) in [6.07, 6.45) is 0. The molecule has 1 unspecified atom stereocenters. The first-order valence-electron chi connectivity index (χ1n) is 5.33. The van der Waals surface area contributed by atoms with Gasteiger partial charge in [-0.25, -0.2) is 4.79 Å². The Bertz CT molecular complexity index is 580. The van der Waals surface area contributed by atoms with E-state index in [1.807, 2.05) is 25.1 Å². The summed E-state index contributed by atoms with van der Waals surface area (Å²) in [5.41, 5.74) is 2.80. The molecule has 1 heterocycles. The Labute approximate surface area is 93.7 Å². The molecule has 0 saturated carbocycles. The van der Waals surface area contributed by atoms with Crippen molar-refractivity contribution in [3.8, 4) is 0 Å². The monoisotopic (exact) mass is 220 g/mol. The van der Waals surface area contributed by atoms with Crippen molar-refractivity contribution in [1.82, 2.24) is 9.13 Å². The molecule has 0 radical (unpaired) electrons. The molecule has 1 aromatic carbocycles. The number of aryl methyl sites for hydroxylation is 2. The molecule has 1 aromatic heterocycles. The van der Waals surface area contributed by atoms with E-state index < -0.39 is 0 Å². The van der Waals surface area contributed by atoms with Crippen molar-refractivity contribution in [1.29, 1.82) is 0 Å². The molecule has 0 fully saturated rings. The summed E-state index contributed by atoms with van der Waals surface area (Å²) in [6.45, 7) is 2.04. The van der Waals surface area contributed by atoms with E-state index in [2.05, 4.69) is 0 Å². The maximum Gasteiger partial charge on any atom is 0.328 e. The fourth-order valence-corrected chi connectivity index (χ4v) is 2.10. The van der Waals surface area contributed by atoms with Crippen LogP contribution >= 0.6 is 0 Å². The molecular formula is C12H16N2O2. The fraction of sp³-hybridized carbons (Fsp3) is 0.417. The predicted molar refractivity (Wildman–Crippen MR) is 63.7 cm³/mol. The van der Waals surface area contributed by atoms with Crippen LogP contribution in [0.4, 0.5) is 0 Å². The maximum atomic E-state index is 11.8. The number of imidazole rings is 1. The fourth-order valence-electron chi connectivity index (χ4n) is 2.10. The van der Waals surface area contributed by atoms with Crippen LogP contribution in [-0.4, -0.2) is 20.8 Å². The van der Waals surface area contributed by atoms with E-state index in [1.54, 1.807) is 23.2 Å². The Balaban J connectivity index is 2.87. The lowest BCUT2D eigenvalue weighted by atomic mass is 10.0. The van der Waals surface area contributed by atoms with E-state index in [0.29, 0.717) is 0 Å². The zero-order valence-corrected chi connectivity index (χ0v) is 9.77. The second-order valence-corrected chi connectivity index (χ2v) is 4.20. The number of aliphatic hydroxyl groups is 1. The van der Waals surface area contributed by atoms with Gasteiger partial charge in [0, 0.05) is 26.6 Å². The van der Waals surface area contributed by atoms with Gasteiger partial charge >= 0.3 is 5.69 Å². The first-order valence-corrected chi connectivity index (χ1v) is 5.33. The van der Waals surface area contributed by atoms with E-state index >= 15 is 0 Å². The van der Waals surface area contributed by atoms with Gasteiger partial charge in [0.15, 0.2) is 0 Å². The molecule has 0 amide bonds. The molecule has 16 heavy (non-hydrogen) atoms. The predicted octanol–water partition coefficient (Wildman–Crippen LogP) is 0.973. The van der Waals surface area contributed by atoms with E-state index in [9.17, 15) is 9.90 Å². The zero-order chi connectivity index (χ0) is 11.9. The normalized spacial score (nSPS) is 13.2. The zero-order valence-electron chi connectivity index (χ0n) is 9.77. The molecule has 86 valence electrons. The van der Waals surface area contributed by atoms with Crippen molar-refractivity contribution in [2.24, 2.45) is 14.1 Å². The third kappa shape index (κ3) is 1.38. The SMILES string of the molecule is CC(CO)c1cccc2c1n(C)c(=O)n2C. The number of aliphatic hydroxyl groups excluding tert-OH is 1. The molecule has 4 nitrogen and oxygen atoms in total. The van der Waals surface area contributed by atoms with Crippen molar-refractivity contribution in [3.63, 3.8) is 0 Å². The molecule has 0 aliphatic rings. The van der Waals surface area contributed by atoms with Crippen LogP contribution < -0.4 is 5.69 Å². The molecule has 0 aliphatic carbocycles. The molecule has 2 aromatic rings. The van der Waals surface area contributed by atoms with Gasteiger partial charge in [-0.3, -0.25) is 9.13 Å². The quantitative estimate of drug-likeness (QED) is 0.820. The largest absolute Gasteiger partial charge is 0.396 e. The summed E-state index contributed by atoms with van der Waals surface area (Å²) in [5.74, 6) is 0.0386. The molecule has 1 N–H and O–H groups in total. The highest BCUT2D eigenvalue weighted by molar-refractivity contribution is 5.80. The summed E-state index contributed by atoms with van der Waals surface area (Å²) in [4.78, 5) is 11.8. The average molecular weight is 220 g/mol. The van der Waals surface area contributed by atoms with Crippen molar-refractivity contribution >= 4 is 11.0 Å². The Morgan fingerprint density at radius 2 is 2.00 bits per heavy atom. The van der Waals surface area contributed by atoms with Crippen LogP contribution in [-0.2, 0) is 14.1 Å². The van der Waals surface area contributed by atoms with Gasteiger partial charge in [-0.2, -0.15) is 0 Å². The van der Waals surface area contributed by atoms with Crippen LogP contribution in [0.15, 0.2) is 23.0 Å². The number of para-hydroxylation sites is 1. The minimum Gasteiger partial charge on any atom is -0.396 e. The first-order chi connectivity index (χ1) is 7.57. The number of hydrogen-bond donors (Lipinski definition) is 1. The summed E-state index contributed by atoms with van der Waals surface area (Å²) in [5, 5.41) is 9.22. The second kappa shape index (κ2) is 3.79. The number of hydrogen-bond acceptors (Lipinski definition) is 2. The van der Waals surface area contributed by atoms with Gasteiger partial charge < -0.3 is 5.11 Å². The molecule has 2 rings (SSSR count). The summed E-state index contributed by atoms with van der Waals surface area (Å²) in [7, 11) is 3.52. The highest BCUT2D eigenvalue weighted by Crippen LogP contribution is 2.23. The maximum absolute atomic E-state index is 11.8. The van der Waals surface area contributed by atoms with Gasteiger partial charge in [0.05, 0.1) is 11.0 Å².